The van der Waals surface area contributed by atoms with Crippen LogP contribution >= 0.6 is 0 Å². The van der Waals surface area contributed by atoms with Crippen molar-refractivity contribution in [3.8, 4) is 0 Å². The Morgan fingerprint density at radius 1 is 1.10 bits per heavy atom. The van der Waals surface area contributed by atoms with Crippen molar-refractivity contribution in [3.05, 3.63) is 0 Å². The van der Waals surface area contributed by atoms with Crippen LogP contribution < -0.4 is 0 Å². The number of piperidine rings is 1. The van der Waals surface area contributed by atoms with Crippen molar-refractivity contribution in [2.75, 3.05) is 6.54 Å². The molecule has 0 radical (unpaired) electrons. The van der Waals surface area contributed by atoms with Gasteiger partial charge >= 0.3 is 12.1 Å². The Morgan fingerprint density at radius 3 is 2.30 bits per heavy atom. The Balaban J connectivity index is 2.66. The molecule has 5 nitrogen and oxygen atoms in total. The zero-order valence-corrected chi connectivity index (χ0v) is 13.1. The average molecular weight is 285 g/mol. The molecular formula is C15H27NO4. The van der Waals surface area contributed by atoms with Crippen molar-refractivity contribution in [2.24, 2.45) is 0 Å². The number of rotatable bonds is 5. The number of hydrogen-bond acceptors (Lipinski definition) is 4. The summed E-state index contributed by atoms with van der Waals surface area (Å²) in [5, 5.41) is 0. The third-order valence-electron chi connectivity index (χ3n) is 3.78. The molecule has 1 fully saturated rings. The van der Waals surface area contributed by atoms with Crippen LogP contribution in [0.5, 0.6) is 0 Å². The lowest BCUT2D eigenvalue weighted by Crippen LogP contribution is -2.49. The van der Waals surface area contributed by atoms with Crippen molar-refractivity contribution in [1.82, 2.24) is 4.90 Å². The second-order valence-corrected chi connectivity index (χ2v) is 5.46. The summed E-state index contributed by atoms with van der Waals surface area (Å²) in [6.45, 7) is 8.21. The molecule has 0 N–H and O–H groups in total. The third kappa shape index (κ3) is 4.69. The van der Waals surface area contributed by atoms with Gasteiger partial charge in [-0.2, -0.15) is 0 Å². The lowest BCUT2D eigenvalue weighted by molar-refractivity contribution is -0.155. The van der Waals surface area contributed by atoms with Gasteiger partial charge in [-0.25, -0.2) is 9.59 Å². The quantitative estimate of drug-likeness (QED) is 0.728. The first-order valence-electron chi connectivity index (χ1n) is 7.67. The van der Waals surface area contributed by atoms with Crippen LogP contribution in [0.2, 0.25) is 0 Å². The molecule has 0 bridgehead atoms. The zero-order chi connectivity index (χ0) is 15.1. The largest absolute Gasteiger partial charge is 0.461 e. The molecule has 0 spiro atoms. The van der Waals surface area contributed by atoms with Crippen molar-refractivity contribution in [1.29, 1.82) is 0 Å². The summed E-state index contributed by atoms with van der Waals surface area (Å²) in [7, 11) is 0. The Kier molecular flexibility index (Phi) is 6.82. The van der Waals surface area contributed by atoms with E-state index in [1.54, 1.807) is 0 Å². The molecule has 1 amide bonds. The van der Waals surface area contributed by atoms with Crippen LogP contribution in [0.3, 0.4) is 0 Å². The minimum absolute atomic E-state index is 0.114. The zero-order valence-electron chi connectivity index (χ0n) is 13.1. The van der Waals surface area contributed by atoms with Gasteiger partial charge in [0.1, 0.15) is 12.1 Å². The molecular weight excluding hydrogens is 258 g/mol. The summed E-state index contributed by atoms with van der Waals surface area (Å²) in [4.78, 5) is 25.8. The Bertz CT molecular complexity index is 300. The molecule has 1 aliphatic heterocycles. The molecule has 1 saturated heterocycles. The van der Waals surface area contributed by atoms with Crippen LogP contribution in [0.1, 0.15) is 59.8 Å². The lowest BCUT2D eigenvalue weighted by Gasteiger charge is -2.34. The van der Waals surface area contributed by atoms with E-state index in [0.29, 0.717) is 13.0 Å². The normalized spacial score (nSPS) is 22.0. The fourth-order valence-corrected chi connectivity index (χ4v) is 2.08. The molecule has 5 heteroatoms. The maximum absolute atomic E-state index is 12.2. The van der Waals surface area contributed by atoms with Crippen molar-refractivity contribution >= 4 is 12.1 Å². The molecule has 116 valence electrons. The monoisotopic (exact) mass is 285 g/mol. The highest BCUT2D eigenvalue weighted by Crippen LogP contribution is 2.20. The maximum atomic E-state index is 12.2. The number of likely N-dealkylation sites (tertiary alicyclic amines) is 1. The summed E-state index contributed by atoms with van der Waals surface area (Å²) >= 11 is 0. The smallest absolute Gasteiger partial charge is 0.410 e. The average Bonchev–Trinajstić information content (AvgIpc) is 2.46. The van der Waals surface area contributed by atoms with Crippen LogP contribution in [-0.2, 0) is 14.3 Å². The van der Waals surface area contributed by atoms with Crippen LogP contribution in [0, 0.1) is 0 Å². The second-order valence-electron chi connectivity index (χ2n) is 5.46. The van der Waals surface area contributed by atoms with E-state index in [4.69, 9.17) is 9.47 Å². The molecule has 1 rings (SSSR count). The van der Waals surface area contributed by atoms with E-state index in [1.165, 1.54) is 4.90 Å². The van der Waals surface area contributed by atoms with Gasteiger partial charge in [0.05, 0.1) is 6.10 Å². The number of amides is 1. The number of hydrogen-bond donors (Lipinski definition) is 0. The van der Waals surface area contributed by atoms with Crippen molar-refractivity contribution < 1.29 is 19.1 Å². The van der Waals surface area contributed by atoms with Gasteiger partial charge in [-0.15, -0.1) is 0 Å². The molecule has 0 aliphatic carbocycles. The predicted molar refractivity (Wildman–Crippen MR) is 76.4 cm³/mol. The molecule has 0 saturated carbocycles. The molecule has 0 aromatic rings. The van der Waals surface area contributed by atoms with Gasteiger partial charge in [-0.1, -0.05) is 13.8 Å². The van der Waals surface area contributed by atoms with Gasteiger partial charge in [0.25, 0.3) is 0 Å². The molecule has 1 aliphatic rings. The van der Waals surface area contributed by atoms with E-state index in [-0.39, 0.29) is 18.2 Å². The van der Waals surface area contributed by atoms with Gasteiger partial charge in [-0.3, -0.25) is 4.90 Å². The van der Waals surface area contributed by atoms with Crippen molar-refractivity contribution in [3.63, 3.8) is 0 Å². The summed E-state index contributed by atoms with van der Waals surface area (Å²) in [5.41, 5.74) is 0. The highest BCUT2D eigenvalue weighted by atomic mass is 16.6. The summed E-state index contributed by atoms with van der Waals surface area (Å²) in [6.07, 6.45) is 3.40. The highest BCUT2D eigenvalue weighted by Gasteiger charge is 2.35. The van der Waals surface area contributed by atoms with Gasteiger partial charge in [0, 0.05) is 6.54 Å². The first-order valence-corrected chi connectivity index (χ1v) is 7.67. The predicted octanol–water partition coefficient (Wildman–Crippen LogP) is 3.12. The molecule has 20 heavy (non-hydrogen) atoms. The summed E-state index contributed by atoms with van der Waals surface area (Å²) in [5.74, 6) is -0.305. The van der Waals surface area contributed by atoms with E-state index in [0.717, 1.165) is 25.7 Å². The summed E-state index contributed by atoms with van der Waals surface area (Å²) < 4.78 is 10.7. The number of carbonyl (C=O) groups excluding carboxylic acids is 2. The van der Waals surface area contributed by atoms with E-state index >= 15 is 0 Å². The van der Waals surface area contributed by atoms with Crippen LogP contribution in [0.4, 0.5) is 4.79 Å². The number of ether oxygens (including phenoxy) is 2. The molecule has 3 atom stereocenters. The Morgan fingerprint density at radius 2 is 1.70 bits per heavy atom. The number of nitrogens with zero attached hydrogens (tertiary/aromatic N) is 1. The SMILES string of the molecule is CCC(C)OC(=O)C1CCCCN1C(=O)OC(C)CC. The molecule has 0 aromatic heterocycles. The Labute approximate surface area is 121 Å². The van der Waals surface area contributed by atoms with Gasteiger partial charge in [0.15, 0.2) is 0 Å². The van der Waals surface area contributed by atoms with E-state index in [2.05, 4.69) is 0 Å². The highest BCUT2D eigenvalue weighted by molar-refractivity contribution is 5.81. The summed E-state index contributed by atoms with van der Waals surface area (Å²) in [6, 6.07) is -0.491. The fraction of sp³-hybridized carbons (Fsp3) is 0.867. The minimum atomic E-state index is -0.491. The van der Waals surface area contributed by atoms with E-state index in [9.17, 15) is 9.59 Å². The second kappa shape index (κ2) is 8.12. The molecule has 3 unspecified atom stereocenters. The number of esters is 1. The van der Waals surface area contributed by atoms with Crippen molar-refractivity contribution in [2.45, 2.75) is 78.0 Å². The fourth-order valence-electron chi connectivity index (χ4n) is 2.08. The van der Waals surface area contributed by atoms with E-state index in [1.807, 2.05) is 27.7 Å². The Hall–Kier alpha value is -1.26. The standard InChI is InChI=1S/C15H27NO4/c1-5-11(3)19-14(17)13-9-7-8-10-16(13)15(18)20-12(4)6-2/h11-13H,5-10H2,1-4H3. The minimum Gasteiger partial charge on any atom is -0.461 e. The van der Waals surface area contributed by atoms with Gasteiger partial charge in [-0.05, 0) is 46.0 Å². The molecule has 1 heterocycles. The first-order chi connectivity index (χ1) is 9.49. The third-order valence-corrected chi connectivity index (χ3v) is 3.78. The first kappa shape index (κ1) is 16.8. The topological polar surface area (TPSA) is 55.8 Å². The van der Waals surface area contributed by atoms with Crippen LogP contribution in [0.25, 0.3) is 0 Å². The van der Waals surface area contributed by atoms with Crippen LogP contribution in [0.15, 0.2) is 0 Å². The van der Waals surface area contributed by atoms with Gasteiger partial charge in [0.2, 0.25) is 0 Å². The van der Waals surface area contributed by atoms with Crippen LogP contribution in [-0.4, -0.2) is 41.8 Å². The lowest BCUT2D eigenvalue weighted by atomic mass is 10.0. The van der Waals surface area contributed by atoms with Gasteiger partial charge < -0.3 is 9.47 Å². The molecule has 0 aromatic carbocycles. The number of carbonyl (C=O) groups is 2. The van der Waals surface area contributed by atoms with E-state index < -0.39 is 12.1 Å². The maximum Gasteiger partial charge on any atom is 0.410 e.